The molecule has 0 saturated carbocycles. The van der Waals surface area contributed by atoms with Crippen molar-refractivity contribution < 1.29 is 9.47 Å². The molecule has 5 heteroatoms. The Morgan fingerprint density at radius 2 is 1.32 bits per heavy atom. The lowest BCUT2D eigenvalue weighted by Gasteiger charge is -2.16. The molecule has 1 aromatic heterocycles. The van der Waals surface area contributed by atoms with Crippen LogP contribution in [-0.2, 0) is 0 Å². The molecule has 0 aliphatic rings. The van der Waals surface area contributed by atoms with E-state index in [-0.39, 0.29) is 0 Å². The average molecular weight is 435 g/mol. The number of nitrogen functional groups attached to an aromatic ring is 1. The smallest absolute Gasteiger partial charge is 0.132 e. The van der Waals surface area contributed by atoms with E-state index in [4.69, 9.17) is 20.2 Å². The van der Waals surface area contributed by atoms with Gasteiger partial charge in [0, 0.05) is 21.0 Å². The molecule has 4 aromatic rings. The van der Waals surface area contributed by atoms with Crippen LogP contribution in [-0.4, -0.2) is 19.2 Å². The fraction of sp³-hybridized carbons (Fsp3) is 0.0870. The van der Waals surface area contributed by atoms with Crippen LogP contribution in [0, 0.1) is 0 Å². The number of nitrogens with zero attached hydrogens (tertiary/aromatic N) is 1. The summed E-state index contributed by atoms with van der Waals surface area (Å²) in [5, 5.41) is 1.96. The first-order valence-electron chi connectivity index (χ1n) is 8.78. The summed E-state index contributed by atoms with van der Waals surface area (Å²) in [4.78, 5) is 4.77. The van der Waals surface area contributed by atoms with Gasteiger partial charge in [0.05, 0.1) is 19.9 Å². The van der Waals surface area contributed by atoms with E-state index in [1.807, 2.05) is 60.7 Å². The molecule has 28 heavy (non-hydrogen) atoms. The highest BCUT2D eigenvalue weighted by Gasteiger charge is 2.16. The van der Waals surface area contributed by atoms with Crippen molar-refractivity contribution in [1.82, 2.24) is 4.98 Å². The zero-order valence-electron chi connectivity index (χ0n) is 15.6. The summed E-state index contributed by atoms with van der Waals surface area (Å²) < 4.78 is 11.6. The summed E-state index contributed by atoms with van der Waals surface area (Å²) >= 11 is 3.53. The van der Waals surface area contributed by atoms with Gasteiger partial charge < -0.3 is 15.2 Å². The predicted octanol–water partition coefficient (Wildman–Crippen LogP) is 5.93. The van der Waals surface area contributed by atoms with Gasteiger partial charge in [0.1, 0.15) is 17.3 Å². The quantitative estimate of drug-likeness (QED) is 0.432. The lowest BCUT2D eigenvalue weighted by molar-refractivity contribution is 0.414. The molecule has 4 rings (SSSR count). The lowest BCUT2D eigenvalue weighted by atomic mass is 9.93. The maximum absolute atomic E-state index is 6.34. The fourth-order valence-corrected chi connectivity index (χ4v) is 3.68. The van der Waals surface area contributed by atoms with Crippen molar-refractivity contribution in [3.05, 3.63) is 71.2 Å². The third kappa shape index (κ3) is 3.29. The first-order valence-corrected chi connectivity index (χ1v) is 9.57. The number of fused-ring (bicyclic) bond motifs is 1. The largest absolute Gasteiger partial charge is 0.497 e. The van der Waals surface area contributed by atoms with Gasteiger partial charge in [-0.1, -0.05) is 34.1 Å². The van der Waals surface area contributed by atoms with Crippen molar-refractivity contribution in [3.63, 3.8) is 0 Å². The van der Waals surface area contributed by atoms with Crippen LogP contribution in [0.15, 0.2) is 71.2 Å². The molecular formula is C23H19BrN2O2. The van der Waals surface area contributed by atoms with Gasteiger partial charge in [-0.05, 0) is 59.5 Å². The van der Waals surface area contributed by atoms with E-state index in [0.717, 1.165) is 49.1 Å². The fourth-order valence-electron chi connectivity index (χ4n) is 3.32. The number of halogens is 1. The Kier molecular flexibility index (Phi) is 4.92. The van der Waals surface area contributed by atoms with Crippen molar-refractivity contribution in [2.45, 2.75) is 0 Å². The molecule has 0 aliphatic carbocycles. The Morgan fingerprint density at radius 1 is 0.750 bits per heavy atom. The van der Waals surface area contributed by atoms with E-state index >= 15 is 0 Å². The molecule has 0 saturated heterocycles. The summed E-state index contributed by atoms with van der Waals surface area (Å²) in [6.07, 6.45) is 0. The van der Waals surface area contributed by atoms with Gasteiger partial charge in [-0.3, -0.25) is 0 Å². The van der Waals surface area contributed by atoms with Gasteiger partial charge in [-0.25, -0.2) is 4.98 Å². The molecular weight excluding hydrogens is 416 g/mol. The number of hydrogen-bond acceptors (Lipinski definition) is 4. The van der Waals surface area contributed by atoms with Gasteiger partial charge in [-0.2, -0.15) is 0 Å². The SMILES string of the molecule is COc1ccc(-c2nc(N)c3cc(Br)ccc3c2-c2ccc(OC)cc2)cc1. The molecule has 4 nitrogen and oxygen atoms in total. The Labute approximate surface area is 172 Å². The summed E-state index contributed by atoms with van der Waals surface area (Å²) in [5.74, 6) is 2.11. The Morgan fingerprint density at radius 3 is 1.89 bits per heavy atom. The molecule has 0 bridgehead atoms. The summed E-state index contributed by atoms with van der Waals surface area (Å²) in [6, 6.07) is 21.9. The Balaban J connectivity index is 2.03. The zero-order valence-corrected chi connectivity index (χ0v) is 17.2. The van der Waals surface area contributed by atoms with Crippen LogP contribution in [0.1, 0.15) is 0 Å². The number of aromatic nitrogens is 1. The highest BCUT2D eigenvalue weighted by molar-refractivity contribution is 9.10. The maximum Gasteiger partial charge on any atom is 0.132 e. The van der Waals surface area contributed by atoms with Crippen molar-refractivity contribution in [3.8, 4) is 33.9 Å². The summed E-state index contributed by atoms with van der Waals surface area (Å²) in [5.41, 5.74) is 10.2. The standard InChI is InChI=1S/C23H19BrN2O2/c1-27-17-8-3-14(4-9-17)21-19-12-7-16(24)13-20(19)23(25)26-22(21)15-5-10-18(28-2)11-6-15/h3-13H,1-2H3,(H2,25,26). The van der Waals surface area contributed by atoms with Crippen molar-refractivity contribution in [1.29, 1.82) is 0 Å². The molecule has 0 aliphatic heterocycles. The first kappa shape index (κ1) is 18.3. The molecule has 3 aromatic carbocycles. The molecule has 0 amide bonds. The van der Waals surface area contributed by atoms with Crippen LogP contribution in [0.2, 0.25) is 0 Å². The minimum Gasteiger partial charge on any atom is -0.497 e. The second kappa shape index (κ2) is 7.52. The van der Waals surface area contributed by atoms with Gasteiger partial charge in [0.15, 0.2) is 0 Å². The average Bonchev–Trinajstić information content (AvgIpc) is 2.74. The van der Waals surface area contributed by atoms with Crippen LogP contribution in [0.4, 0.5) is 5.82 Å². The Bertz CT molecular complexity index is 1140. The topological polar surface area (TPSA) is 57.4 Å². The minimum atomic E-state index is 0.499. The molecule has 0 unspecified atom stereocenters. The maximum atomic E-state index is 6.34. The molecule has 2 N–H and O–H groups in total. The van der Waals surface area contributed by atoms with E-state index in [2.05, 4.69) is 22.0 Å². The van der Waals surface area contributed by atoms with Crippen LogP contribution >= 0.6 is 15.9 Å². The van der Waals surface area contributed by atoms with Crippen LogP contribution in [0.25, 0.3) is 33.2 Å². The van der Waals surface area contributed by atoms with Crippen LogP contribution < -0.4 is 15.2 Å². The lowest BCUT2D eigenvalue weighted by Crippen LogP contribution is -1.98. The summed E-state index contributed by atoms with van der Waals surface area (Å²) in [6.45, 7) is 0. The molecule has 0 atom stereocenters. The molecule has 0 radical (unpaired) electrons. The number of hydrogen-bond donors (Lipinski definition) is 1. The number of anilines is 1. The number of methoxy groups -OCH3 is 2. The zero-order chi connectivity index (χ0) is 19.7. The second-order valence-corrected chi connectivity index (χ2v) is 7.28. The van der Waals surface area contributed by atoms with E-state index in [1.165, 1.54) is 0 Å². The second-order valence-electron chi connectivity index (χ2n) is 6.37. The summed E-state index contributed by atoms with van der Waals surface area (Å²) in [7, 11) is 3.32. The van der Waals surface area contributed by atoms with E-state index in [9.17, 15) is 0 Å². The predicted molar refractivity (Wildman–Crippen MR) is 118 cm³/mol. The third-order valence-electron chi connectivity index (χ3n) is 4.74. The molecule has 1 heterocycles. The number of pyridine rings is 1. The third-order valence-corrected chi connectivity index (χ3v) is 5.23. The number of benzene rings is 3. The number of ether oxygens (including phenoxy) is 2. The van der Waals surface area contributed by atoms with E-state index in [1.54, 1.807) is 14.2 Å². The van der Waals surface area contributed by atoms with Crippen LogP contribution in [0.3, 0.4) is 0 Å². The number of nitrogens with two attached hydrogens (primary N) is 1. The van der Waals surface area contributed by atoms with Gasteiger partial charge in [0.25, 0.3) is 0 Å². The molecule has 0 fully saturated rings. The van der Waals surface area contributed by atoms with Crippen molar-refractivity contribution in [2.75, 3.05) is 20.0 Å². The van der Waals surface area contributed by atoms with Gasteiger partial charge >= 0.3 is 0 Å². The number of rotatable bonds is 4. The van der Waals surface area contributed by atoms with Crippen LogP contribution in [0.5, 0.6) is 11.5 Å². The highest BCUT2D eigenvalue weighted by atomic mass is 79.9. The van der Waals surface area contributed by atoms with Crippen molar-refractivity contribution in [2.24, 2.45) is 0 Å². The molecule has 140 valence electrons. The minimum absolute atomic E-state index is 0.499. The van der Waals surface area contributed by atoms with E-state index < -0.39 is 0 Å². The molecule has 0 spiro atoms. The Hall–Kier alpha value is -3.05. The van der Waals surface area contributed by atoms with Crippen molar-refractivity contribution >= 4 is 32.5 Å². The van der Waals surface area contributed by atoms with E-state index in [0.29, 0.717) is 5.82 Å². The highest BCUT2D eigenvalue weighted by Crippen LogP contribution is 2.40. The monoisotopic (exact) mass is 434 g/mol. The first-order chi connectivity index (χ1) is 13.6. The van der Waals surface area contributed by atoms with Gasteiger partial charge in [-0.15, -0.1) is 0 Å². The normalized spacial score (nSPS) is 10.8. The van der Waals surface area contributed by atoms with Gasteiger partial charge in [0.2, 0.25) is 0 Å².